The van der Waals surface area contributed by atoms with Crippen LogP contribution in [0, 0.1) is 6.92 Å². The topological polar surface area (TPSA) is 66.0 Å². The third kappa shape index (κ3) is 3.91. The maximum Gasteiger partial charge on any atom is 0.249 e. The van der Waals surface area contributed by atoms with Crippen molar-refractivity contribution in [1.29, 1.82) is 0 Å². The zero-order valence-corrected chi connectivity index (χ0v) is 14.8. The van der Waals surface area contributed by atoms with Gasteiger partial charge in [0.15, 0.2) is 5.82 Å². The van der Waals surface area contributed by atoms with Crippen molar-refractivity contribution in [2.45, 2.75) is 19.8 Å². The van der Waals surface area contributed by atoms with Gasteiger partial charge in [-0.3, -0.25) is 0 Å². The Bertz CT molecular complexity index is 854. The lowest BCUT2D eigenvalue weighted by atomic mass is 10.2. The van der Waals surface area contributed by atoms with Crippen molar-refractivity contribution >= 4 is 28.8 Å². The summed E-state index contributed by atoms with van der Waals surface area (Å²) in [6, 6.07) is 16.5. The normalized spacial score (nSPS) is 13.7. The number of benzene rings is 2. The lowest BCUT2D eigenvalue weighted by Gasteiger charge is -2.17. The van der Waals surface area contributed by atoms with Gasteiger partial charge in [-0.1, -0.05) is 17.7 Å². The molecule has 4 rings (SSSR count). The van der Waals surface area contributed by atoms with Crippen LogP contribution >= 0.6 is 0 Å². The van der Waals surface area contributed by atoms with Crippen molar-refractivity contribution in [2.24, 2.45) is 0 Å². The maximum absolute atomic E-state index is 4.48. The molecule has 3 aromatic rings. The first kappa shape index (κ1) is 16.3. The summed E-state index contributed by atoms with van der Waals surface area (Å²) in [6.07, 6.45) is 4.18. The summed E-state index contributed by atoms with van der Waals surface area (Å²) >= 11 is 0. The molecule has 1 aliphatic rings. The maximum atomic E-state index is 4.48. The largest absolute Gasteiger partial charge is 0.372 e. The molecule has 1 fully saturated rings. The van der Waals surface area contributed by atoms with Gasteiger partial charge in [0.1, 0.15) is 0 Å². The Labute approximate surface area is 153 Å². The Balaban J connectivity index is 1.44. The first-order valence-electron chi connectivity index (χ1n) is 8.92. The number of hydrogen-bond donors (Lipinski definition) is 2. The molecule has 0 spiro atoms. The highest BCUT2D eigenvalue weighted by atomic mass is 15.3. The lowest BCUT2D eigenvalue weighted by Crippen LogP contribution is -2.17. The summed E-state index contributed by atoms with van der Waals surface area (Å²) in [5.74, 6) is 1.12. The molecule has 0 unspecified atom stereocenters. The van der Waals surface area contributed by atoms with Gasteiger partial charge in [0, 0.05) is 30.2 Å². The van der Waals surface area contributed by atoms with Gasteiger partial charge in [0.05, 0.1) is 6.20 Å². The average molecular weight is 346 g/mol. The van der Waals surface area contributed by atoms with E-state index in [2.05, 4.69) is 61.9 Å². The van der Waals surface area contributed by atoms with Crippen molar-refractivity contribution in [2.75, 3.05) is 28.6 Å². The number of aromatic nitrogens is 3. The van der Waals surface area contributed by atoms with E-state index in [9.17, 15) is 0 Å². The van der Waals surface area contributed by atoms with E-state index in [1.807, 2.05) is 24.3 Å². The fraction of sp³-hybridized carbons (Fsp3) is 0.250. The Morgan fingerprint density at radius 2 is 1.50 bits per heavy atom. The SMILES string of the molecule is Cc1ccc(Nc2nncc(Nc3ccc(N4CCCC4)cc3)n2)cc1. The highest BCUT2D eigenvalue weighted by Crippen LogP contribution is 2.23. The van der Waals surface area contributed by atoms with Crippen molar-refractivity contribution in [3.05, 3.63) is 60.3 Å². The lowest BCUT2D eigenvalue weighted by molar-refractivity contribution is 0.949. The van der Waals surface area contributed by atoms with Gasteiger partial charge in [-0.05, 0) is 56.2 Å². The third-order valence-electron chi connectivity index (χ3n) is 4.48. The van der Waals surface area contributed by atoms with Crippen LogP contribution in [-0.2, 0) is 0 Å². The molecule has 1 saturated heterocycles. The van der Waals surface area contributed by atoms with Gasteiger partial charge < -0.3 is 15.5 Å². The van der Waals surface area contributed by atoms with Crippen LogP contribution < -0.4 is 15.5 Å². The molecular weight excluding hydrogens is 324 g/mol. The first-order valence-corrected chi connectivity index (χ1v) is 8.92. The zero-order valence-electron chi connectivity index (χ0n) is 14.8. The van der Waals surface area contributed by atoms with E-state index in [-0.39, 0.29) is 0 Å². The molecule has 0 saturated carbocycles. The van der Waals surface area contributed by atoms with Crippen LogP contribution in [0.3, 0.4) is 0 Å². The van der Waals surface area contributed by atoms with Gasteiger partial charge in [0.2, 0.25) is 5.95 Å². The van der Waals surface area contributed by atoms with E-state index in [4.69, 9.17) is 0 Å². The van der Waals surface area contributed by atoms with E-state index in [1.165, 1.54) is 24.1 Å². The molecule has 0 radical (unpaired) electrons. The van der Waals surface area contributed by atoms with Crippen LogP contribution in [0.5, 0.6) is 0 Å². The Morgan fingerprint density at radius 3 is 2.23 bits per heavy atom. The second-order valence-corrected chi connectivity index (χ2v) is 6.52. The van der Waals surface area contributed by atoms with Crippen LogP contribution in [0.4, 0.5) is 28.8 Å². The van der Waals surface area contributed by atoms with Crippen molar-refractivity contribution in [3.63, 3.8) is 0 Å². The molecule has 0 amide bonds. The van der Waals surface area contributed by atoms with E-state index >= 15 is 0 Å². The molecule has 26 heavy (non-hydrogen) atoms. The van der Waals surface area contributed by atoms with Gasteiger partial charge in [-0.25, -0.2) is 0 Å². The molecular formula is C20H22N6. The monoisotopic (exact) mass is 346 g/mol. The molecule has 0 aliphatic carbocycles. The summed E-state index contributed by atoms with van der Waals surface area (Å²) in [5, 5.41) is 14.5. The van der Waals surface area contributed by atoms with E-state index in [0.29, 0.717) is 11.8 Å². The van der Waals surface area contributed by atoms with E-state index < -0.39 is 0 Å². The molecule has 2 aromatic carbocycles. The Kier molecular flexibility index (Phi) is 4.64. The molecule has 6 heteroatoms. The van der Waals surface area contributed by atoms with Crippen molar-refractivity contribution in [1.82, 2.24) is 15.2 Å². The first-order chi connectivity index (χ1) is 12.8. The quantitative estimate of drug-likeness (QED) is 0.719. The molecule has 6 nitrogen and oxygen atoms in total. The molecule has 0 atom stereocenters. The smallest absolute Gasteiger partial charge is 0.249 e. The predicted octanol–water partition coefficient (Wildman–Crippen LogP) is 4.27. The fourth-order valence-electron chi connectivity index (χ4n) is 3.06. The Morgan fingerprint density at radius 1 is 0.846 bits per heavy atom. The van der Waals surface area contributed by atoms with Crippen molar-refractivity contribution in [3.8, 4) is 0 Å². The molecule has 2 N–H and O–H groups in total. The zero-order chi connectivity index (χ0) is 17.8. The summed E-state index contributed by atoms with van der Waals surface area (Å²) in [4.78, 5) is 6.90. The van der Waals surface area contributed by atoms with Crippen molar-refractivity contribution < 1.29 is 0 Å². The number of anilines is 5. The summed E-state index contributed by atoms with van der Waals surface area (Å²) in [6.45, 7) is 4.36. The highest BCUT2D eigenvalue weighted by molar-refractivity contribution is 5.62. The van der Waals surface area contributed by atoms with Crippen LogP contribution in [0.25, 0.3) is 0 Å². The van der Waals surface area contributed by atoms with Gasteiger partial charge in [-0.2, -0.15) is 10.1 Å². The fourth-order valence-corrected chi connectivity index (χ4v) is 3.06. The van der Waals surface area contributed by atoms with Crippen LogP contribution in [0.15, 0.2) is 54.7 Å². The summed E-state index contributed by atoms with van der Waals surface area (Å²) < 4.78 is 0. The number of nitrogens with zero attached hydrogens (tertiary/aromatic N) is 4. The van der Waals surface area contributed by atoms with Crippen LogP contribution in [0.2, 0.25) is 0 Å². The molecule has 1 aliphatic heterocycles. The second-order valence-electron chi connectivity index (χ2n) is 6.52. The minimum Gasteiger partial charge on any atom is -0.372 e. The summed E-state index contributed by atoms with van der Waals surface area (Å²) in [5.41, 5.74) is 4.40. The third-order valence-corrected chi connectivity index (χ3v) is 4.48. The molecule has 1 aromatic heterocycles. The second kappa shape index (κ2) is 7.39. The molecule has 0 bridgehead atoms. The molecule has 132 valence electrons. The number of hydrogen-bond acceptors (Lipinski definition) is 6. The van der Waals surface area contributed by atoms with E-state index in [0.717, 1.165) is 24.5 Å². The van der Waals surface area contributed by atoms with E-state index in [1.54, 1.807) is 6.20 Å². The number of aryl methyl sites for hydroxylation is 1. The van der Waals surface area contributed by atoms with Gasteiger partial charge in [-0.15, -0.1) is 5.10 Å². The predicted molar refractivity (Wildman–Crippen MR) is 105 cm³/mol. The number of rotatable bonds is 5. The standard InChI is InChI=1S/C20H22N6/c1-15-4-6-17(7-5-15)23-20-24-19(14-21-25-20)22-16-8-10-18(11-9-16)26-12-2-3-13-26/h4-11,14H,2-3,12-13H2,1H3,(H2,22,23,24,25). The Hall–Kier alpha value is -3.15. The highest BCUT2D eigenvalue weighted by Gasteiger charge is 2.11. The summed E-state index contributed by atoms with van der Waals surface area (Å²) in [7, 11) is 0. The number of nitrogens with one attached hydrogen (secondary N) is 2. The van der Waals surface area contributed by atoms with Gasteiger partial charge in [0.25, 0.3) is 0 Å². The van der Waals surface area contributed by atoms with Gasteiger partial charge >= 0.3 is 0 Å². The van der Waals surface area contributed by atoms with Crippen LogP contribution in [0.1, 0.15) is 18.4 Å². The molecule has 2 heterocycles. The average Bonchev–Trinajstić information content (AvgIpc) is 3.19. The van der Waals surface area contributed by atoms with Crippen LogP contribution in [-0.4, -0.2) is 28.3 Å². The minimum absolute atomic E-state index is 0.465. The minimum atomic E-state index is 0.465.